The number of hydrogen-bond acceptors (Lipinski definition) is 3. The zero-order chi connectivity index (χ0) is 22.2. The molecule has 1 fully saturated rings. The van der Waals surface area contributed by atoms with Gasteiger partial charge in [0.05, 0.1) is 6.04 Å². The highest BCUT2D eigenvalue weighted by Crippen LogP contribution is 2.21. The third kappa shape index (κ3) is 6.49. The van der Waals surface area contributed by atoms with E-state index in [0.717, 1.165) is 11.1 Å². The lowest BCUT2D eigenvalue weighted by molar-refractivity contribution is -0.132. The van der Waals surface area contributed by atoms with Crippen molar-refractivity contribution in [2.75, 3.05) is 33.7 Å². The Morgan fingerprint density at radius 3 is 2.48 bits per heavy atom. The van der Waals surface area contributed by atoms with Crippen LogP contribution in [0.25, 0.3) is 6.08 Å². The van der Waals surface area contributed by atoms with Gasteiger partial charge >= 0.3 is 0 Å². The van der Waals surface area contributed by atoms with Crippen LogP contribution in [0.4, 0.5) is 4.39 Å². The Kier molecular flexibility index (Phi) is 7.95. The molecule has 0 aliphatic carbocycles. The van der Waals surface area contributed by atoms with Gasteiger partial charge in [0.25, 0.3) is 0 Å². The molecule has 0 spiro atoms. The van der Waals surface area contributed by atoms with Crippen molar-refractivity contribution in [2.45, 2.75) is 18.9 Å². The predicted molar refractivity (Wildman–Crippen MR) is 121 cm³/mol. The molecular formula is C25H30FN3O2. The summed E-state index contributed by atoms with van der Waals surface area (Å²) in [4.78, 5) is 28.9. The Morgan fingerprint density at radius 1 is 1.13 bits per heavy atom. The first kappa shape index (κ1) is 22.7. The molecule has 2 amide bonds. The van der Waals surface area contributed by atoms with E-state index in [1.54, 1.807) is 17.0 Å². The Labute approximate surface area is 183 Å². The minimum atomic E-state index is -0.283. The van der Waals surface area contributed by atoms with Gasteiger partial charge < -0.3 is 15.1 Å². The molecule has 0 saturated carbocycles. The fourth-order valence-corrected chi connectivity index (χ4v) is 3.85. The van der Waals surface area contributed by atoms with Crippen LogP contribution in [0.2, 0.25) is 0 Å². The lowest BCUT2D eigenvalue weighted by Crippen LogP contribution is -2.44. The summed E-state index contributed by atoms with van der Waals surface area (Å²) in [5.41, 5.74) is 1.81. The molecule has 1 aliphatic rings. The SMILES string of the molecule is CN(C)C(CNC(=O)C1CCN(C(=O)/C=C/c2ccccc2)CC1)c1cccc(F)c1. The number of nitrogens with zero attached hydrogens (tertiary/aromatic N) is 2. The van der Waals surface area contributed by atoms with Crippen LogP contribution < -0.4 is 5.32 Å². The Morgan fingerprint density at radius 2 is 1.84 bits per heavy atom. The molecule has 6 heteroatoms. The van der Waals surface area contributed by atoms with E-state index >= 15 is 0 Å². The van der Waals surface area contributed by atoms with E-state index in [1.807, 2.05) is 61.5 Å². The monoisotopic (exact) mass is 423 g/mol. The van der Waals surface area contributed by atoms with Crippen molar-refractivity contribution in [1.29, 1.82) is 0 Å². The smallest absolute Gasteiger partial charge is 0.246 e. The summed E-state index contributed by atoms with van der Waals surface area (Å²) in [6.45, 7) is 1.54. The van der Waals surface area contributed by atoms with Gasteiger partial charge in [0.1, 0.15) is 5.82 Å². The molecule has 5 nitrogen and oxygen atoms in total. The molecule has 0 bridgehead atoms. The highest BCUT2D eigenvalue weighted by molar-refractivity contribution is 5.92. The van der Waals surface area contributed by atoms with Crippen molar-refractivity contribution in [3.63, 3.8) is 0 Å². The number of amides is 2. The van der Waals surface area contributed by atoms with Crippen LogP contribution in [0.3, 0.4) is 0 Å². The van der Waals surface area contributed by atoms with E-state index in [9.17, 15) is 14.0 Å². The number of benzene rings is 2. The van der Waals surface area contributed by atoms with E-state index < -0.39 is 0 Å². The molecule has 3 rings (SSSR count). The molecule has 164 valence electrons. The Hall–Kier alpha value is -2.99. The zero-order valence-corrected chi connectivity index (χ0v) is 18.1. The maximum Gasteiger partial charge on any atom is 0.246 e. The molecule has 1 aliphatic heterocycles. The second-order valence-electron chi connectivity index (χ2n) is 8.12. The van der Waals surface area contributed by atoms with E-state index in [-0.39, 0.29) is 29.6 Å². The molecule has 31 heavy (non-hydrogen) atoms. The number of likely N-dealkylation sites (tertiary alicyclic amines) is 1. The third-order valence-electron chi connectivity index (χ3n) is 5.72. The summed E-state index contributed by atoms with van der Waals surface area (Å²) in [5, 5.41) is 3.02. The molecular weight excluding hydrogens is 393 g/mol. The lowest BCUT2D eigenvalue weighted by Gasteiger charge is -2.31. The molecule has 1 unspecified atom stereocenters. The number of nitrogens with one attached hydrogen (secondary N) is 1. The maximum atomic E-state index is 13.6. The van der Waals surface area contributed by atoms with Gasteiger partial charge in [-0.2, -0.15) is 0 Å². The molecule has 0 radical (unpaired) electrons. The first-order chi connectivity index (χ1) is 14.9. The van der Waals surface area contributed by atoms with Gasteiger partial charge in [-0.05, 0) is 56.3 Å². The van der Waals surface area contributed by atoms with Gasteiger partial charge in [-0.15, -0.1) is 0 Å². The summed E-state index contributed by atoms with van der Waals surface area (Å²) >= 11 is 0. The lowest BCUT2D eigenvalue weighted by atomic mass is 9.95. The number of hydrogen-bond donors (Lipinski definition) is 1. The van der Waals surface area contributed by atoms with E-state index in [1.165, 1.54) is 12.1 Å². The minimum Gasteiger partial charge on any atom is -0.354 e. The summed E-state index contributed by atoms with van der Waals surface area (Å²) in [6.07, 6.45) is 4.69. The largest absolute Gasteiger partial charge is 0.354 e. The van der Waals surface area contributed by atoms with Crippen molar-refractivity contribution in [3.05, 3.63) is 77.6 Å². The Balaban J connectivity index is 1.48. The van der Waals surface area contributed by atoms with Gasteiger partial charge in [-0.3, -0.25) is 9.59 Å². The number of carbonyl (C=O) groups is 2. The predicted octanol–water partition coefficient (Wildman–Crippen LogP) is 3.50. The van der Waals surface area contributed by atoms with Crippen molar-refractivity contribution in [3.8, 4) is 0 Å². The topological polar surface area (TPSA) is 52.7 Å². The van der Waals surface area contributed by atoms with E-state index in [2.05, 4.69) is 5.32 Å². The second kappa shape index (κ2) is 10.9. The van der Waals surface area contributed by atoms with Gasteiger partial charge in [0.2, 0.25) is 11.8 Å². The van der Waals surface area contributed by atoms with Crippen molar-refractivity contribution in [2.24, 2.45) is 5.92 Å². The van der Waals surface area contributed by atoms with Crippen molar-refractivity contribution < 1.29 is 14.0 Å². The summed E-state index contributed by atoms with van der Waals surface area (Å²) in [7, 11) is 3.82. The summed E-state index contributed by atoms with van der Waals surface area (Å²) in [6, 6.07) is 16.1. The molecule has 1 N–H and O–H groups in total. The Bertz CT molecular complexity index is 906. The minimum absolute atomic E-state index is 0.00446. The van der Waals surface area contributed by atoms with Crippen molar-refractivity contribution in [1.82, 2.24) is 15.1 Å². The molecule has 1 saturated heterocycles. The summed E-state index contributed by atoms with van der Waals surface area (Å²) in [5.74, 6) is -0.428. The van der Waals surface area contributed by atoms with Gasteiger partial charge in [0, 0.05) is 31.6 Å². The molecule has 1 heterocycles. The highest BCUT2D eigenvalue weighted by atomic mass is 19.1. The quantitative estimate of drug-likeness (QED) is 0.694. The fraction of sp³-hybridized carbons (Fsp3) is 0.360. The zero-order valence-electron chi connectivity index (χ0n) is 18.1. The first-order valence-electron chi connectivity index (χ1n) is 10.7. The summed E-state index contributed by atoms with van der Waals surface area (Å²) < 4.78 is 13.6. The second-order valence-corrected chi connectivity index (χ2v) is 8.12. The highest BCUT2D eigenvalue weighted by Gasteiger charge is 2.27. The number of piperidine rings is 1. The number of rotatable bonds is 7. The van der Waals surface area contributed by atoms with Crippen LogP contribution in [0.1, 0.15) is 30.0 Å². The van der Waals surface area contributed by atoms with E-state index in [0.29, 0.717) is 32.5 Å². The average molecular weight is 424 g/mol. The molecule has 0 aromatic heterocycles. The molecule has 1 atom stereocenters. The molecule has 2 aromatic carbocycles. The van der Waals surface area contributed by atoms with E-state index in [4.69, 9.17) is 0 Å². The number of likely N-dealkylation sites (N-methyl/N-ethyl adjacent to an activating group) is 1. The van der Waals surface area contributed by atoms with Crippen LogP contribution >= 0.6 is 0 Å². The van der Waals surface area contributed by atoms with Crippen LogP contribution in [-0.2, 0) is 9.59 Å². The third-order valence-corrected chi connectivity index (χ3v) is 5.72. The van der Waals surface area contributed by atoms with Crippen LogP contribution in [0, 0.1) is 11.7 Å². The van der Waals surface area contributed by atoms with Gasteiger partial charge in [-0.25, -0.2) is 4.39 Å². The standard InChI is InChI=1S/C25H30FN3O2/c1-28(2)23(21-9-6-10-22(26)17-21)18-27-25(31)20-13-15-29(16-14-20)24(30)12-11-19-7-4-3-5-8-19/h3-12,17,20,23H,13-16,18H2,1-2H3,(H,27,31)/b12-11+. The average Bonchev–Trinajstić information content (AvgIpc) is 2.78. The normalized spacial score (nSPS) is 15.9. The molecule has 2 aromatic rings. The van der Waals surface area contributed by atoms with Crippen molar-refractivity contribution >= 4 is 17.9 Å². The maximum absolute atomic E-state index is 13.6. The number of carbonyl (C=O) groups excluding carboxylic acids is 2. The number of halogens is 1. The first-order valence-corrected chi connectivity index (χ1v) is 10.7. The van der Waals surface area contributed by atoms with Crippen LogP contribution in [0.5, 0.6) is 0 Å². The van der Waals surface area contributed by atoms with Gasteiger partial charge in [-0.1, -0.05) is 42.5 Å². The van der Waals surface area contributed by atoms with Crippen LogP contribution in [0.15, 0.2) is 60.7 Å². The van der Waals surface area contributed by atoms with Crippen LogP contribution in [-0.4, -0.2) is 55.3 Å². The van der Waals surface area contributed by atoms with Gasteiger partial charge in [0.15, 0.2) is 0 Å². The fourth-order valence-electron chi connectivity index (χ4n) is 3.85.